The van der Waals surface area contributed by atoms with E-state index in [-0.39, 0.29) is 0 Å². The van der Waals surface area contributed by atoms with Crippen molar-refractivity contribution in [3.05, 3.63) is 59.7 Å². The van der Waals surface area contributed by atoms with Crippen LogP contribution in [0.1, 0.15) is 50.7 Å². The van der Waals surface area contributed by atoms with Crippen LogP contribution in [-0.2, 0) is 0 Å². The van der Waals surface area contributed by atoms with Gasteiger partial charge in [0.15, 0.2) is 11.5 Å². The van der Waals surface area contributed by atoms with Crippen LogP contribution < -0.4 is 9.47 Å². The van der Waals surface area contributed by atoms with Crippen LogP contribution in [0.2, 0.25) is 0 Å². The molecule has 0 aliphatic rings. The maximum absolute atomic E-state index is 6.31. The van der Waals surface area contributed by atoms with Crippen molar-refractivity contribution in [1.29, 1.82) is 0 Å². The molecule has 202 valence electrons. The van der Waals surface area contributed by atoms with E-state index >= 15 is 0 Å². The Morgan fingerprint density at radius 1 is 0.641 bits per heavy atom. The van der Waals surface area contributed by atoms with E-state index in [0.717, 1.165) is 47.9 Å². The van der Waals surface area contributed by atoms with Crippen LogP contribution in [0.5, 0.6) is 11.5 Å². The molecule has 3 heterocycles. The lowest BCUT2D eigenvalue weighted by Gasteiger charge is -2.10. The molecular weight excluding hydrogens is 512 g/mol. The molecule has 0 saturated carbocycles. The molecule has 0 unspecified atom stereocenters. The fourth-order valence-corrected chi connectivity index (χ4v) is 5.03. The Morgan fingerprint density at radius 3 is 1.49 bits per heavy atom. The molecule has 0 aliphatic carbocycles. The molecule has 8 nitrogen and oxygen atoms in total. The van der Waals surface area contributed by atoms with Crippen molar-refractivity contribution >= 4 is 11.3 Å². The predicted octanol–water partition coefficient (Wildman–Crippen LogP) is 8.16. The number of thiophene rings is 1. The Balaban J connectivity index is 1.59. The zero-order chi connectivity index (χ0) is 27.2. The minimum atomic E-state index is 0.355. The summed E-state index contributed by atoms with van der Waals surface area (Å²) < 4.78 is 24.9. The van der Waals surface area contributed by atoms with Crippen LogP contribution in [0, 0.1) is 13.8 Å². The molecule has 0 atom stereocenters. The number of ether oxygens (including phenoxy) is 2. The van der Waals surface area contributed by atoms with Gasteiger partial charge in [0.1, 0.15) is 9.75 Å². The molecule has 0 fully saturated rings. The third-order valence-electron chi connectivity index (χ3n) is 6.08. The Labute approximate surface area is 232 Å². The summed E-state index contributed by atoms with van der Waals surface area (Å²) in [7, 11) is 0. The van der Waals surface area contributed by atoms with Gasteiger partial charge in [0.25, 0.3) is 11.8 Å². The average molecular weight is 545 g/mol. The second-order valence-electron chi connectivity index (χ2n) is 9.39. The molecule has 0 spiro atoms. The van der Waals surface area contributed by atoms with Crippen LogP contribution in [0.4, 0.5) is 0 Å². The molecule has 0 N–H and O–H groups in total. The van der Waals surface area contributed by atoms with E-state index in [4.69, 9.17) is 18.3 Å². The number of aromatic nitrogens is 4. The molecule has 5 aromatic rings. The first-order valence-electron chi connectivity index (χ1n) is 13.3. The van der Waals surface area contributed by atoms with E-state index in [2.05, 4.69) is 34.2 Å². The van der Waals surface area contributed by atoms with Crippen molar-refractivity contribution in [3.8, 4) is 55.9 Å². The third kappa shape index (κ3) is 6.04. The number of nitrogens with zero attached hydrogens (tertiary/aromatic N) is 4. The molecule has 0 aliphatic heterocycles. The predicted molar refractivity (Wildman–Crippen MR) is 152 cm³/mol. The first kappa shape index (κ1) is 26.6. The number of rotatable bonds is 12. The zero-order valence-electron chi connectivity index (χ0n) is 22.7. The summed E-state index contributed by atoms with van der Waals surface area (Å²) in [5, 5.41) is 17.4. The summed E-state index contributed by atoms with van der Waals surface area (Å²) in [5.41, 5.74) is 3.94. The van der Waals surface area contributed by atoms with E-state index in [0.29, 0.717) is 58.0 Å². The van der Waals surface area contributed by atoms with Crippen molar-refractivity contribution in [2.24, 2.45) is 0 Å². The SMILES string of the molecule is CCCCOc1c(-c2nnc(-c3cccc(C)c3)o2)sc(-c2nnc(-c3cccc(C)c3)o2)c1OCCCC. The van der Waals surface area contributed by atoms with Gasteiger partial charge in [0, 0.05) is 11.1 Å². The fraction of sp³-hybridized carbons (Fsp3) is 0.333. The van der Waals surface area contributed by atoms with Crippen molar-refractivity contribution in [2.75, 3.05) is 13.2 Å². The van der Waals surface area contributed by atoms with Gasteiger partial charge in [-0.15, -0.1) is 31.7 Å². The molecule has 0 amide bonds. The first-order valence-corrected chi connectivity index (χ1v) is 14.1. The third-order valence-corrected chi connectivity index (χ3v) is 7.21. The number of hydrogen-bond donors (Lipinski definition) is 0. The lowest BCUT2D eigenvalue weighted by Crippen LogP contribution is -2.02. The second kappa shape index (κ2) is 12.3. The van der Waals surface area contributed by atoms with E-state index < -0.39 is 0 Å². The average Bonchev–Trinajstić information content (AvgIpc) is 3.68. The van der Waals surface area contributed by atoms with Gasteiger partial charge in [-0.2, -0.15) is 0 Å². The molecule has 3 aromatic heterocycles. The van der Waals surface area contributed by atoms with Gasteiger partial charge in [-0.05, 0) is 51.0 Å². The van der Waals surface area contributed by atoms with Crippen LogP contribution in [0.25, 0.3) is 44.4 Å². The Morgan fingerprint density at radius 2 is 1.08 bits per heavy atom. The highest BCUT2D eigenvalue weighted by atomic mass is 32.1. The summed E-state index contributed by atoms with van der Waals surface area (Å²) >= 11 is 1.39. The topological polar surface area (TPSA) is 96.3 Å². The summed E-state index contributed by atoms with van der Waals surface area (Å²) in [6, 6.07) is 15.9. The van der Waals surface area contributed by atoms with E-state index in [1.165, 1.54) is 11.3 Å². The molecule has 0 bridgehead atoms. The largest absolute Gasteiger partial charge is 0.488 e. The van der Waals surface area contributed by atoms with Crippen LogP contribution in [0.15, 0.2) is 57.4 Å². The highest BCUT2D eigenvalue weighted by molar-refractivity contribution is 7.19. The molecule has 2 aromatic carbocycles. The molecule has 9 heteroatoms. The Hall–Kier alpha value is -3.98. The lowest BCUT2D eigenvalue weighted by atomic mass is 10.1. The van der Waals surface area contributed by atoms with Gasteiger partial charge in [0.05, 0.1) is 13.2 Å². The Kier molecular flexibility index (Phi) is 8.36. The first-order chi connectivity index (χ1) is 19.1. The van der Waals surface area contributed by atoms with Gasteiger partial charge in [-0.3, -0.25) is 0 Å². The molecule has 39 heavy (non-hydrogen) atoms. The van der Waals surface area contributed by atoms with Crippen molar-refractivity contribution in [1.82, 2.24) is 20.4 Å². The molecule has 5 rings (SSSR count). The van der Waals surface area contributed by atoms with Gasteiger partial charge >= 0.3 is 0 Å². The smallest absolute Gasteiger partial charge is 0.262 e. The van der Waals surface area contributed by atoms with E-state index in [1.807, 2.05) is 62.4 Å². The summed E-state index contributed by atoms with van der Waals surface area (Å²) in [6.07, 6.45) is 3.80. The summed E-state index contributed by atoms with van der Waals surface area (Å²) in [6.45, 7) is 9.36. The molecule has 0 radical (unpaired) electrons. The Bertz CT molecular complexity index is 1430. The monoisotopic (exact) mass is 544 g/mol. The standard InChI is InChI=1S/C30H32N4O4S/c1-5-7-15-35-23-24(36-16-8-6-2)26(30-34-32-28(38-30)22-14-10-12-20(4)18-22)39-25(23)29-33-31-27(37-29)21-13-9-11-19(3)17-21/h9-14,17-18H,5-8,15-16H2,1-4H3. The van der Waals surface area contributed by atoms with E-state index in [9.17, 15) is 0 Å². The van der Waals surface area contributed by atoms with Crippen molar-refractivity contribution in [3.63, 3.8) is 0 Å². The van der Waals surface area contributed by atoms with E-state index in [1.54, 1.807) is 0 Å². The van der Waals surface area contributed by atoms with Crippen LogP contribution >= 0.6 is 11.3 Å². The zero-order valence-corrected chi connectivity index (χ0v) is 23.5. The van der Waals surface area contributed by atoms with Crippen molar-refractivity contribution in [2.45, 2.75) is 53.4 Å². The highest BCUT2D eigenvalue weighted by Crippen LogP contribution is 2.52. The normalized spacial score (nSPS) is 11.2. The highest BCUT2D eigenvalue weighted by Gasteiger charge is 2.30. The minimum Gasteiger partial charge on any atom is -0.488 e. The van der Waals surface area contributed by atoms with Gasteiger partial charge < -0.3 is 18.3 Å². The van der Waals surface area contributed by atoms with Crippen LogP contribution in [0.3, 0.4) is 0 Å². The van der Waals surface area contributed by atoms with Crippen molar-refractivity contribution < 1.29 is 18.3 Å². The number of unbranched alkanes of at least 4 members (excludes halogenated alkanes) is 2. The fourth-order valence-electron chi connectivity index (χ4n) is 4.00. The minimum absolute atomic E-state index is 0.355. The molecular formula is C30H32N4O4S. The molecule has 0 saturated heterocycles. The lowest BCUT2D eigenvalue weighted by molar-refractivity contribution is 0.265. The number of aryl methyl sites for hydroxylation is 2. The van der Waals surface area contributed by atoms with Crippen LogP contribution in [-0.4, -0.2) is 33.6 Å². The maximum atomic E-state index is 6.31. The van der Waals surface area contributed by atoms with Gasteiger partial charge in [-0.1, -0.05) is 62.1 Å². The summed E-state index contributed by atoms with van der Waals surface area (Å²) in [4.78, 5) is 1.35. The number of benzene rings is 2. The second-order valence-corrected chi connectivity index (χ2v) is 10.4. The number of hydrogen-bond acceptors (Lipinski definition) is 9. The van der Waals surface area contributed by atoms with Gasteiger partial charge in [0.2, 0.25) is 11.8 Å². The maximum Gasteiger partial charge on any atom is 0.262 e. The quantitative estimate of drug-likeness (QED) is 0.145. The summed E-state index contributed by atoms with van der Waals surface area (Å²) in [5.74, 6) is 2.72. The van der Waals surface area contributed by atoms with Gasteiger partial charge in [-0.25, -0.2) is 0 Å².